The van der Waals surface area contributed by atoms with E-state index in [9.17, 15) is 14.4 Å². The Morgan fingerprint density at radius 3 is 2.50 bits per heavy atom. The number of piperidine rings is 2. The van der Waals surface area contributed by atoms with E-state index in [1.165, 1.54) is 4.90 Å². The maximum atomic E-state index is 13.4. The second-order valence-corrected chi connectivity index (χ2v) is 9.12. The minimum atomic E-state index is -0.765. The monoisotopic (exact) mass is 412 g/mol. The van der Waals surface area contributed by atoms with Crippen molar-refractivity contribution in [1.29, 1.82) is 0 Å². The topological polar surface area (TPSA) is 73.0 Å². The first-order chi connectivity index (χ1) is 14.4. The predicted octanol–water partition coefficient (Wildman–Crippen LogP) is 2.01. The lowest BCUT2D eigenvalue weighted by molar-refractivity contribution is -0.139. The summed E-state index contributed by atoms with van der Waals surface area (Å²) >= 11 is 0. The molecule has 1 aromatic rings. The smallest absolute Gasteiger partial charge is 0.325 e. The van der Waals surface area contributed by atoms with E-state index >= 15 is 0 Å². The third-order valence-electron chi connectivity index (χ3n) is 6.89. The first-order valence-corrected chi connectivity index (χ1v) is 11.1. The minimum Gasteiger partial charge on any atom is -0.340 e. The summed E-state index contributed by atoms with van der Waals surface area (Å²) in [7, 11) is 0. The lowest BCUT2D eigenvalue weighted by Crippen LogP contribution is -2.57. The fraction of sp³-hybridized carbons (Fsp3) is 0.609. The van der Waals surface area contributed by atoms with Crippen molar-refractivity contribution in [1.82, 2.24) is 20.0 Å². The lowest BCUT2D eigenvalue weighted by Gasteiger charge is -2.40. The molecule has 7 heteroatoms. The average molecular weight is 413 g/mol. The van der Waals surface area contributed by atoms with Gasteiger partial charge in [0.05, 0.1) is 12.5 Å². The summed E-state index contributed by atoms with van der Waals surface area (Å²) in [6.07, 6.45) is 3.20. The first-order valence-electron chi connectivity index (χ1n) is 11.1. The average Bonchev–Trinajstić information content (AvgIpc) is 2.98. The van der Waals surface area contributed by atoms with Gasteiger partial charge >= 0.3 is 6.03 Å². The van der Waals surface area contributed by atoms with E-state index in [-0.39, 0.29) is 23.9 Å². The van der Waals surface area contributed by atoms with E-state index in [4.69, 9.17) is 0 Å². The molecule has 0 saturated carbocycles. The largest absolute Gasteiger partial charge is 0.340 e. The van der Waals surface area contributed by atoms with Crippen molar-refractivity contribution in [3.05, 3.63) is 35.9 Å². The van der Waals surface area contributed by atoms with Crippen LogP contribution < -0.4 is 5.32 Å². The number of amides is 4. The molecule has 3 aliphatic rings. The van der Waals surface area contributed by atoms with E-state index in [0.29, 0.717) is 38.4 Å². The minimum absolute atomic E-state index is 0.0536. The van der Waals surface area contributed by atoms with E-state index in [1.54, 1.807) is 0 Å². The van der Waals surface area contributed by atoms with Crippen LogP contribution in [0.1, 0.15) is 45.1 Å². The molecule has 1 atom stereocenters. The fourth-order valence-electron chi connectivity index (χ4n) is 5.01. The predicted molar refractivity (Wildman–Crippen MR) is 114 cm³/mol. The fourth-order valence-corrected chi connectivity index (χ4v) is 5.01. The third kappa shape index (κ3) is 3.95. The van der Waals surface area contributed by atoms with Gasteiger partial charge in [-0.2, -0.15) is 0 Å². The zero-order chi connectivity index (χ0) is 21.3. The number of imide groups is 1. The lowest BCUT2D eigenvalue weighted by atomic mass is 9.86. The number of nitrogens with one attached hydrogen (secondary N) is 1. The van der Waals surface area contributed by atoms with Gasteiger partial charge in [-0.15, -0.1) is 0 Å². The number of hydrogen-bond donors (Lipinski definition) is 1. The Balaban J connectivity index is 1.41. The van der Waals surface area contributed by atoms with Crippen molar-refractivity contribution in [3.63, 3.8) is 0 Å². The van der Waals surface area contributed by atoms with E-state index in [1.807, 2.05) is 35.2 Å². The number of likely N-dealkylation sites (tertiary alicyclic amines) is 2. The van der Waals surface area contributed by atoms with Gasteiger partial charge in [0.2, 0.25) is 5.91 Å². The van der Waals surface area contributed by atoms with Crippen molar-refractivity contribution in [2.45, 2.75) is 63.6 Å². The number of urea groups is 1. The quantitative estimate of drug-likeness (QED) is 0.768. The molecule has 3 heterocycles. The van der Waals surface area contributed by atoms with Crippen LogP contribution >= 0.6 is 0 Å². The summed E-state index contributed by atoms with van der Waals surface area (Å²) < 4.78 is 0. The van der Waals surface area contributed by atoms with Crippen molar-refractivity contribution < 1.29 is 14.4 Å². The van der Waals surface area contributed by atoms with Gasteiger partial charge in [0.15, 0.2) is 0 Å². The summed E-state index contributed by atoms with van der Waals surface area (Å²) in [5.41, 5.74) is 0.217. The van der Waals surface area contributed by atoms with Crippen LogP contribution in [0.5, 0.6) is 0 Å². The molecule has 0 radical (unpaired) electrons. The first kappa shape index (κ1) is 20.8. The molecular formula is C23H32N4O3. The molecular weight excluding hydrogens is 380 g/mol. The maximum absolute atomic E-state index is 13.4. The van der Waals surface area contributed by atoms with Crippen molar-refractivity contribution in [2.24, 2.45) is 0 Å². The third-order valence-corrected chi connectivity index (χ3v) is 6.89. The van der Waals surface area contributed by atoms with Crippen LogP contribution in [0.3, 0.4) is 0 Å². The highest BCUT2D eigenvalue weighted by Gasteiger charge is 2.54. The maximum Gasteiger partial charge on any atom is 0.325 e. The van der Waals surface area contributed by atoms with Gasteiger partial charge < -0.3 is 15.1 Å². The Hall–Kier alpha value is -2.41. The van der Waals surface area contributed by atoms with Gasteiger partial charge in [-0.25, -0.2) is 4.79 Å². The van der Waals surface area contributed by atoms with Gasteiger partial charge in [0, 0.05) is 32.2 Å². The molecule has 0 aromatic heterocycles. The SMILES string of the molecule is CC(C)N1CCC2(CC1)NC(=O)N([C@H]1CCCN(C(=O)Cc3ccccc3)C1)C2=O. The normalized spacial score (nSPS) is 24.6. The standard InChI is InChI=1S/C23H32N4O3/c1-17(2)25-13-10-23(11-14-25)21(29)27(22(30)24-23)19-9-6-12-26(16-19)20(28)15-18-7-4-3-5-8-18/h3-5,7-8,17,19H,6,9-16H2,1-2H3,(H,24,30)/t19-/m0/s1. The Morgan fingerprint density at radius 1 is 1.13 bits per heavy atom. The summed E-state index contributed by atoms with van der Waals surface area (Å²) in [6, 6.07) is 9.59. The van der Waals surface area contributed by atoms with Crippen LogP contribution in [0.25, 0.3) is 0 Å². The zero-order valence-corrected chi connectivity index (χ0v) is 18.0. The van der Waals surface area contributed by atoms with Crippen molar-refractivity contribution in [2.75, 3.05) is 26.2 Å². The van der Waals surface area contributed by atoms with Crippen molar-refractivity contribution >= 4 is 17.8 Å². The van der Waals surface area contributed by atoms with Gasteiger partial charge in [-0.1, -0.05) is 30.3 Å². The van der Waals surface area contributed by atoms with Crippen LogP contribution in [0, 0.1) is 0 Å². The molecule has 162 valence electrons. The zero-order valence-electron chi connectivity index (χ0n) is 18.0. The summed E-state index contributed by atoms with van der Waals surface area (Å²) in [5.74, 6) is -0.0452. The van der Waals surface area contributed by atoms with Crippen molar-refractivity contribution in [3.8, 4) is 0 Å². The van der Waals surface area contributed by atoms with Gasteiger partial charge in [0.25, 0.3) is 5.91 Å². The van der Waals surface area contributed by atoms with E-state index in [2.05, 4.69) is 24.1 Å². The molecule has 1 spiro atoms. The van der Waals surface area contributed by atoms with Crippen LogP contribution in [-0.4, -0.2) is 76.3 Å². The highest BCUT2D eigenvalue weighted by Crippen LogP contribution is 2.33. The van der Waals surface area contributed by atoms with Crippen LogP contribution in [-0.2, 0) is 16.0 Å². The molecule has 1 N–H and O–H groups in total. The number of hydrogen-bond acceptors (Lipinski definition) is 4. The molecule has 0 unspecified atom stereocenters. The molecule has 4 rings (SSSR count). The number of nitrogens with zero attached hydrogens (tertiary/aromatic N) is 3. The molecule has 3 fully saturated rings. The highest BCUT2D eigenvalue weighted by atomic mass is 16.2. The Morgan fingerprint density at radius 2 is 1.83 bits per heavy atom. The van der Waals surface area contributed by atoms with Gasteiger partial charge in [-0.3, -0.25) is 14.5 Å². The Bertz CT molecular complexity index is 802. The van der Waals surface area contributed by atoms with E-state index in [0.717, 1.165) is 31.5 Å². The van der Waals surface area contributed by atoms with Crippen LogP contribution in [0.2, 0.25) is 0 Å². The molecule has 30 heavy (non-hydrogen) atoms. The number of benzene rings is 1. The van der Waals surface area contributed by atoms with Crippen LogP contribution in [0.15, 0.2) is 30.3 Å². The molecule has 1 aromatic carbocycles. The summed E-state index contributed by atoms with van der Waals surface area (Å²) in [6.45, 7) is 7.04. The molecule has 0 aliphatic carbocycles. The molecule has 0 bridgehead atoms. The molecule has 3 aliphatic heterocycles. The second-order valence-electron chi connectivity index (χ2n) is 9.12. The van der Waals surface area contributed by atoms with Gasteiger partial charge in [-0.05, 0) is 45.1 Å². The number of rotatable bonds is 4. The Kier molecular flexibility index (Phi) is 5.82. The second kappa shape index (κ2) is 8.38. The number of carbonyl (C=O) groups excluding carboxylic acids is 3. The summed E-state index contributed by atoms with van der Waals surface area (Å²) in [5, 5.41) is 3.02. The van der Waals surface area contributed by atoms with E-state index < -0.39 is 5.54 Å². The molecule has 3 saturated heterocycles. The molecule has 7 nitrogen and oxygen atoms in total. The Labute approximate surface area is 178 Å². The van der Waals surface area contributed by atoms with Gasteiger partial charge in [0.1, 0.15) is 5.54 Å². The summed E-state index contributed by atoms with van der Waals surface area (Å²) in [4.78, 5) is 44.6. The van der Waals surface area contributed by atoms with Crippen LogP contribution in [0.4, 0.5) is 4.79 Å². The molecule has 4 amide bonds. The highest BCUT2D eigenvalue weighted by molar-refractivity contribution is 6.07. The number of carbonyl (C=O) groups is 3.